The van der Waals surface area contributed by atoms with E-state index >= 15 is 0 Å². The molecular formula is C54H62O17. The van der Waals surface area contributed by atoms with Crippen LogP contribution in [0.1, 0.15) is 69.7 Å². The zero-order valence-electron chi connectivity index (χ0n) is 40.5. The Balaban J connectivity index is 1.50. The molecule has 2 aliphatic heterocycles. The molecule has 17 heteroatoms. The van der Waals surface area contributed by atoms with E-state index in [0.717, 1.165) is 56.9 Å². The van der Waals surface area contributed by atoms with Crippen LogP contribution >= 0.6 is 0 Å². The van der Waals surface area contributed by atoms with Gasteiger partial charge in [0.1, 0.15) is 36.6 Å². The first-order valence-electron chi connectivity index (χ1n) is 23.4. The first-order valence-corrected chi connectivity index (χ1v) is 23.4. The van der Waals surface area contributed by atoms with Gasteiger partial charge in [0.15, 0.2) is 30.9 Å². The van der Waals surface area contributed by atoms with Gasteiger partial charge in [0.2, 0.25) is 0 Å². The zero-order valence-corrected chi connectivity index (χ0v) is 40.5. The quantitative estimate of drug-likeness (QED) is 0.0427. The zero-order chi connectivity index (χ0) is 50.8. The van der Waals surface area contributed by atoms with Crippen LogP contribution in [-0.4, -0.2) is 110 Å². The van der Waals surface area contributed by atoms with Crippen molar-refractivity contribution in [2.45, 2.75) is 135 Å². The Morgan fingerprint density at radius 3 is 1.56 bits per heavy atom. The summed E-state index contributed by atoms with van der Waals surface area (Å²) in [6, 6.07) is 37.9. The fourth-order valence-electron chi connectivity index (χ4n) is 8.85. The van der Waals surface area contributed by atoms with E-state index in [2.05, 4.69) is 0 Å². The van der Waals surface area contributed by atoms with Crippen LogP contribution in [0.2, 0.25) is 0 Å². The van der Waals surface area contributed by atoms with E-state index in [0.29, 0.717) is 6.29 Å². The minimum absolute atomic E-state index is 0.0155. The number of hydrogen-bond donors (Lipinski definition) is 0. The highest BCUT2D eigenvalue weighted by Gasteiger charge is 2.59. The van der Waals surface area contributed by atoms with Gasteiger partial charge in [-0.15, -0.1) is 0 Å². The van der Waals surface area contributed by atoms with E-state index in [1.165, 1.54) is 0 Å². The van der Waals surface area contributed by atoms with E-state index in [1.54, 1.807) is 0 Å². The van der Waals surface area contributed by atoms with Crippen molar-refractivity contribution in [3.8, 4) is 0 Å². The third-order valence-corrected chi connectivity index (χ3v) is 11.8. The van der Waals surface area contributed by atoms with Crippen molar-refractivity contribution in [3.63, 3.8) is 0 Å². The second-order valence-corrected chi connectivity index (χ2v) is 17.4. The monoisotopic (exact) mass is 982 g/mol. The molecule has 2 aliphatic rings. The molecule has 4 aromatic carbocycles. The number of esters is 5. The molecule has 0 aromatic heterocycles. The highest BCUT2D eigenvalue weighted by molar-refractivity contribution is 5.70. The van der Waals surface area contributed by atoms with Crippen LogP contribution in [0.25, 0.3) is 0 Å². The van der Waals surface area contributed by atoms with Crippen LogP contribution in [0, 0.1) is 5.92 Å². The van der Waals surface area contributed by atoms with Gasteiger partial charge in [-0.05, 0) is 28.7 Å². The number of benzene rings is 4. The van der Waals surface area contributed by atoms with Crippen LogP contribution in [0.3, 0.4) is 0 Å². The number of aldehydes is 1. The van der Waals surface area contributed by atoms with E-state index in [1.807, 2.05) is 121 Å². The lowest BCUT2D eigenvalue weighted by Crippen LogP contribution is -2.66. The number of carbonyl (C=O) groups is 6. The Kier molecular flexibility index (Phi) is 20.3. The second kappa shape index (κ2) is 26.8. The van der Waals surface area contributed by atoms with Crippen LogP contribution < -0.4 is 0 Å². The van der Waals surface area contributed by atoms with Gasteiger partial charge < -0.3 is 56.9 Å². The minimum atomic E-state index is -2.02. The molecule has 0 aliphatic carbocycles. The third kappa shape index (κ3) is 16.4. The van der Waals surface area contributed by atoms with Gasteiger partial charge in [-0.3, -0.25) is 24.0 Å². The van der Waals surface area contributed by atoms with Gasteiger partial charge in [-0.2, -0.15) is 0 Å². The summed E-state index contributed by atoms with van der Waals surface area (Å²) in [5.74, 6) is -5.09. The first kappa shape index (κ1) is 54.0. The topological polar surface area (TPSA) is 204 Å². The number of carbonyl (C=O) groups excluding carboxylic acids is 6. The standard InChI is InChI=1S/C54H62O17/c1-35(56)62-33-47(67-37(3)58)51(69-39(5)60)52-50(68-38(4)59)45(66-36(2)57)27-54(34-55,71-52)26-44-48(63-29-41-20-12-7-13-21-41)46(32-61-28-40-18-10-6-11-19-40)70-53(65-31-43-24-16-9-17-25-43)49(44)64-30-42-22-14-8-15-23-42/h6-25,34,44-53H,26-33H2,1-5H3/t44-,45-,46+,47+,48+,49+,50-,51+,52+,53+,54+/m0/s1. The molecule has 2 saturated heterocycles. The predicted octanol–water partition coefficient (Wildman–Crippen LogP) is 6.34. The Morgan fingerprint density at radius 2 is 1.08 bits per heavy atom. The Labute approximate surface area is 413 Å². The lowest BCUT2D eigenvalue weighted by atomic mass is 9.75. The largest absolute Gasteiger partial charge is 0.462 e. The molecule has 0 N–H and O–H groups in total. The number of hydrogen-bond acceptors (Lipinski definition) is 17. The number of rotatable bonds is 24. The van der Waals surface area contributed by atoms with Gasteiger partial charge in [0.05, 0.1) is 39.1 Å². The highest BCUT2D eigenvalue weighted by Crippen LogP contribution is 2.44. The molecule has 0 amide bonds. The summed E-state index contributed by atoms with van der Waals surface area (Å²) in [5.41, 5.74) is 1.36. The molecule has 4 aromatic rings. The maximum atomic E-state index is 14.2. The van der Waals surface area contributed by atoms with Gasteiger partial charge in [0.25, 0.3) is 0 Å². The highest BCUT2D eigenvalue weighted by atomic mass is 16.7. The van der Waals surface area contributed by atoms with Crippen molar-refractivity contribution >= 4 is 36.1 Å². The summed E-state index contributed by atoms with van der Waals surface area (Å²) in [7, 11) is 0. The molecule has 0 saturated carbocycles. The Bertz CT molecular complexity index is 2320. The fourth-order valence-corrected chi connectivity index (χ4v) is 8.85. The van der Waals surface area contributed by atoms with Crippen LogP contribution in [0.15, 0.2) is 121 Å². The molecule has 2 fully saturated rings. The molecule has 0 radical (unpaired) electrons. The normalized spacial score (nSPS) is 24.9. The van der Waals surface area contributed by atoms with Gasteiger partial charge >= 0.3 is 29.8 Å². The van der Waals surface area contributed by atoms with Crippen molar-refractivity contribution in [1.82, 2.24) is 0 Å². The SMILES string of the molecule is CC(=O)OC[C@@H](OC(C)=O)[C@@H](OC(C)=O)[C@@H]1O[C@](C=O)(C[C@H]2[C@@H](OCc3ccccc3)[C@@H](COCc3ccccc3)O[C@@H](OCc3ccccc3)[C@@H]2OCc2ccccc2)C[C@H](OC(C)=O)[C@@H]1OC(C)=O. The summed E-state index contributed by atoms with van der Waals surface area (Å²) in [6.45, 7) is 5.31. The average molecular weight is 983 g/mol. The van der Waals surface area contributed by atoms with Gasteiger partial charge in [0, 0.05) is 47.0 Å². The van der Waals surface area contributed by atoms with Crippen molar-refractivity contribution in [2.75, 3.05) is 13.2 Å². The molecular weight excluding hydrogens is 921 g/mol. The molecule has 380 valence electrons. The maximum Gasteiger partial charge on any atom is 0.303 e. The molecule has 0 unspecified atom stereocenters. The van der Waals surface area contributed by atoms with E-state index in [-0.39, 0.29) is 39.5 Å². The van der Waals surface area contributed by atoms with Gasteiger partial charge in [-0.1, -0.05) is 121 Å². The number of ether oxygens (including phenoxy) is 11. The molecule has 71 heavy (non-hydrogen) atoms. The Morgan fingerprint density at radius 1 is 0.592 bits per heavy atom. The van der Waals surface area contributed by atoms with Crippen molar-refractivity contribution in [1.29, 1.82) is 0 Å². The summed E-state index contributed by atoms with van der Waals surface area (Å²) in [6.07, 6.45) is -12.1. The van der Waals surface area contributed by atoms with E-state index in [9.17, 15) is 28.8 Å². The summed E-state index contributed by atoms with van der Waals surface area (Å²) in [4.78, 5) is 77.9. The summed E-state index contributed by atoms with van der Waals surface area (Å²) < 4.78 is 68.9. The van der Waals surface area contributed by atoms with E-state index in [4.69, 9.17) is 52.1 Å². The first-order chi connectivity index (χ1) is 34.2. The molecule has 6 rings (SSSR count). The van der Waals surface area contributed by atoms with Crippen molar-refractivity contribution < 1.29 is 80.9 Å². The molecule has 0 bridgehead atoms. The van der Waals surface area contributed by atoms with Crippen LogP contribution in [-0.2, 0) is 107 Å². The molecule has 0 spiro atoms. The maximum absolute atomic E-state index is 14.2. The lowest BCUT2D eigenvalue weighted by molar-refractivity contribution is -0.322. The predicted molar refractivity (Wildman–Crippen MR) is 251 cm³/mol. The molecule has 2 heterocycles. The van der Waals surface area contributed by atoms with Crippen LogP contribution in [0.5, 0.6) is 0 Å². The smallest absolute Gasteiger partial charge is 0.303 e. The minimum Gasteiger partial charge on any atom is -0.462 e. The van der Waals surface area contributed by atoms with E-state index < -0.39 is 110 Å². The van der Waals surface area contributed by atoms with Crippen LogP contribution in [0.4, 0.5) is 0 Å². The molecule has 17 nitrogen and oxygen atoms in total. The van der Waals surface area contributed by atoms with Crippen molar-refractivity contribution in [3.05, 3.63) is 144 Å². The third-order valence-electron chi connectivity index (χ3n) is 11.8. The average Bonchev–Trinajstić information content (AvgIpc) is 3.35. The van der Waals surface area contributed by atoms with Crippen molar-refractivity contribution in [2.24, 2.45) is 5.92 Å². The summed E-state index contributed by atoms with van der Waals surface area (Å²) in [5, 5.41) is 0. The second-order valence-electron chi connectivity index (χ2n) is 17.4. The lowest BCUT2D eigenvalue weighted by Gasteiger charge is -2.51. The fraction of sp³-hybridized carbons (Fsp3) is 0.444. The summed E-state index contributed by atoms with van der Waals surface area (Å²) >= 11 is 0. The van der Waals surface area contributed by atoms with Gasteiger partial charge in [-0.25, -0.2) is 0 Å². The Hall–Kier alpha value is -6.34. The molecule has 11 atom stereocenters.